The molecule has 1 heterocycles. The minimum absolute atomic E-state index is 0.0369. The van der Waals surface area contributed by atoms with E-state index in [9.17, 15) is 4.79 Å². The quantitative estimate of drug-likeness (QED) is 0.585. The Labute approximate surface area is 203 Å². The summed E-state index contributed by atoms with van der Waals surface area (Å²) in [6, 6.07) is 14.5. The molecule has 1 fully saturated rings. The third-order valence-corrected chi connectivity index (χ3v) is 6.60. The van der Waals surface area contributed by atoms with E-state index in [1.807, 2.05) is 32.0 Å². The van der Waals surface area contributed by atoms with Crippen molar-refractivity contribution in [2.45, 2.75) is 34.1 Å². The Balaban J connectivity index is 1.50. The molecule has 1 saturated heterocycles. The lowest BCUT2D eigenvalue weighted by atomic mass is 10.1. The van der Waals surface area contributed by atoms with Gasteiger partial charge in [0, 0.05) is 56.3 Å². The van der Waals surface area contributed by atoms with Crippen molar-refractivity contribution in [1.29, 1.82) is 0 Å². The molecule has 7 heteroatoms. The predicted octanol–water partition coefficient (Wildman–Crippen LogP) is 4.49. The Morgan fingerprint density at radius 1 is 0.939 bits per heavy atom. The highest BCUT2D eigenvalue weighted by Crippen LogP contribution is 2.20. The van der Waals surface area contributed by atoms with Crippen LogP contribution in [0.3, 0.4) is 0 Å². The molecule has 6 nitrogen and oxygen atoms in total. The van der Waals surface area contributed by atoms with Crippen LogP contribution < -0.4 is 15.5 Å². The van der Waals surface area contributed by atoms with Crippen LogP contribution in [0.15, 0.2) is 42.5 Å². The number of nitrogens with zero attached hydrogens (tertiary/aromatic N) is 3. The van der Waals surface area contributed by atoms with Crippen LogP contribution in [-0.2, 0) is 4.79 Å². The number of hydrogen-bond acceptors (Lipinski definition) is 4. The first-order valence-corrected chi connectivity index (χ1v) is 12.3. The van der Waals surface area contributed by atoms with Crippen LogP contribution in [0.25, 0.3) is 0 Å². The molecular formula is C26H37N5OS. The van der Waals surface area contributed by atoms with Crippen molar-refractivity contribution in [2.24, 2.45) is 0 Å². The van der Waals surface area contributed by atoms with Crippen molar-refractivity contribution < 1.29 is 4.79 Å². The summed E-state index contributed by atoms with van der Waals surface area (Å²) >= 11 is 5.69. The van der Waals surface area contributed by atoms with Gasteiger partial charge in [-0.05, 0) is 81.7 Å². The molecule has 1 aliphatic rings. The summed E-state index contributed by atoms with van der Waals surface area (Å²) in [6.45, 7) is 14.2. The second-order valence-corrected chi connectivity index (χ2v) is 8.97. The number of rotatable bonds is 7. The summed E-state index contributed by atoms with van der Waals surface area (Å²) in [5.41, 5.74) is 5.33. The molecule has 0 atom stereocenters. The highest BCUT2D eigenvalue weighted by atomic mass is 32.1. The van der Waals surface area contributed by atoms with Crippen molar-refractivity contribution in [3.8, 4) is 0 Å². The van der Waals surface area contributed by atoms with E-state index in [2.05, 4.69) is 63.4 Å². The number of aryl methyl sites for hydroxylation is 2. The zero-order chi connectivity index (χ0) is 23.8. The third kappa shape index (κ3) is 6.92. The number of nitrogens with one attached hydrogen (secondary N) is 2. The fourth-order valence-corrected chi connectivity index (χ4v) is 4.57. The van der Waals surface area contributed by atoms with Gasteiger partial charge in [-0.3, -0.25) is 9.69 Å². The average Bonchev–Trinajstić information content (AvgIpc) is 3.04. The van der Waals surface area contributed by atoms with Crippen molar-refractivity contribution >= 4 is 40.3 Å². The molecule has 33 heavy (non-hydrogen) atoms. The van der Waals surface area contributed by atoms with Gasteiger partial charge in [-0.1, -0.05) is 18.2 Å². The Morgan fingerprint density at radius 3 is 2.24 bits per heavy atom. The fraction of sp³-hybridized carbons (Fsp3) is 0.462. The normalized spacial score (nSPS) is 14.5. The molecule has 3 rings (SSSR count). The van der Waals surface area contributed by atoms with Crippen LogP contribution in [0, 0.1) is 13.8 Å². The maximum Gasteiger partial charge on any atom is 0.238 e. The van der Waals surface area contributed by atoms with Gasteiger partial charge in [0.2, 0.25) is 5.91 Å². The van der Waals surface area contributed by atoms with Gasteiger partial charge in [-0.2, -0.15) is 0 Å². The van der Waals surface area contributed by atoms with Crippen LogP contribution in [-0.4, -0.2) is 66.6 Å². The number of carbonyl (C=O) groups excluding carboxylic acids is 1. The van der Waals surface area contributed by atoms with Gasteiger partial charge < -0.3 is 20.4 Å². The van der Waals surface area contributed by atoms with Gasteiger partial charge in [-0.15, -0.1) is 0 Å². The van der Waals surface area contributed by atoms with Crippen molar-refractivity contribution in [3.05, 3.63) is 53.6 Å². The average molecular weight is 468 g/mol. The van der Waals surface area contributed by atoms with Crippen molar-refractivity contribution in [1.82, 2.24) is 9.80 Å². The highest BCUT2D eigenvalue weighted by Gasteiger charge is 2.19. The molecule has 178 valence electrons. The van der Waals surface area contributed by atoms with Gasteiger partial charge in [0.25, 0.3) is 0 Å². The second kappa shape index (κ2) is 12.0. The molecule has 0 radical (unpaired) electrons. The van der Waals surface area contributed by atoms with Crippen LogP contribution in [0.5, 0.6) is 0 Å². The predicted molar refractivity (Wildman–Crippen MR) is 143 cm³/mol. The summed E-state index contributed by atoms with van der Waals surface area (Å²) in [5.74, 6) is 0.0369. The van der Waals surface area contributed by atoms with Gasteiger partial charge in [0.15, 0.2) is 5.11 Å². The molecular weight excluding hydrogens is 430 g/mol. The molecule has 0 spiro atoms. The number of anilines is 3. The van der Waals surface area contributed by atoms with Gasteiger partial charge in [0.1, 0.15) is 0 Å². The Hall–Kier alpha value is -2.64. The summed E-state index contributed by atoms with van der Waals surface area (Å²) in [7, 11) is 0. The van der Waals surface area contributed by atoms with Crippen LogP contribution in [0.4, 0.5) is 17.1 Å². The number of benzene rings is 2. The minimum atomic E-state index is 0.0369. The number of thiocarbonyl (C=S) groups is 1. The van der Waals surface area contributed by atoms with Crippen LogP contribution >= 0.6 is 12.2 Å². The van der Waals surface area contributed by atoms with Crippen molar-refractivity contribution in [2.75, 3.05) is 61.3 Å². The molecule has 1 aliphatic heterocycles. The number of para-hydroxylation sites is 1. The zero-order valence-electron chi connectivity index (χ0n) is 20.4. The Morgan fingerprint density at radius 2 is 1.61 bits per heavy atom. The van der Waals surface area contributed by atoms with Crippen LogP contribution in [0.1, 0.15) is 31.4 Å². The standard InChI is InChI=1S/C26H37N5OS/c1-5-30(6-2)23-13-11-22(12-14-23)27-26(33)31-16-8-15-29(17-18-31)19-24(32)28-25-20(3)9-7-10-21(25)4/h7,9-14H,5-6,8,15-19H2,1-4H3,(H,27,33)(H,28,32). The first-order valence-electron chi connectivity index (χ1n) is 11.9. The van der Waals surface area contributed by atoms with E-state index in [1.54, 1.807) is 0 Å². The van der Waals surface area contributed by atoms with Crippen LogP contribution in [0.2, 0.25) is 0 Å². The van der Waals surface area contributed by atoms with E-state index >= 15 is 0 Å². The zero-order valence-corrected chi connectivity index (χ0v) is 21.2. The second-order valence-electron chi connectivity index (χ2n) is 8.58. The molecule has 2 N–H and O–H groups in total. The van der Waals surface area contributed by atoms with E-state index in [-0.39, 0.29) is 5.91 Å². The smallest absolute Gasteiger partial charge is 0.238 e. The van der Waals surface area contributed by atoms with E-state index < -0.39 is 0 Å². The number of hydrogen-bond donors (Lipinski definition) is 2. The lowest BCUT2D eigenvalue weighted by Gasteiger charge is -2.25. The SMILES string of the molecule is CCN(CC)c1ccc(NC(=S)N2CCCN(CC(=O)Nc3c(C)cccc3C)CC2)cc1. The first kappa shape index (κ1) is 25.0. The van der Waals surface area contributed by atoms with Gasteiger partial charge in [0.05, 0.1) is 6.54 Å². The monoisotopic (exact) mass is 467 g/mol. The molecule has 1 amide bonds. The summed E-state index contributed by atoms with van der Waals surface area (Å²) in [6.07, 6.45) is 0.972. The van der Waals surface area contributed by atoms with Gasteiger partial charge >= 0.3 is 0 Å². The molecule has 0 unspecified atom stereocenters. The van der Waals surface area contributed by atoms with Gasteiger partial charge in [-0.25, -0.2) is 0 Å². The maximum atomic E-state index is 12.7. The van der Waals surface area contributed by atoms with E-state index in [4.69, 9.17) is 12.2 Å². The Kier molecular flexibility index (Phi) is 9.09. The summed E-state index contributed by atoms with van der Waals surface area (Å²) in [4.78, 5) is 19.4. The number of carbonyl (C=O) groups is 1. The fourth-order valence-electron chi connectivity index (χ4n) is 4.27. The van der Waals surface area contributed by atoms with E-state index in [0.29, 0.717) is 6.54 Å². The summed E-state index contributed by atoms with van der Waals surface area (Å²) in [5, 5.41) is 7.22. The Bertz CT molecular complexity index is 922. The topological polar surface area (TPSA) is 50.9 Å². The minimum Gasteiger partial charge on any atom is -0.372 e. The molecule has 0 aromatic heterocycles. The van der Waals surface area contributed by atoms with E-state index in [0.717, 1.165) is 73.3 Å². The first-order chi connectivity index (χ1) is 15.9. The largest absolute Gasteiger partial charge is 0.372 e. The molecule has 2 aromatic carbocycles. The highest BCUT2D eigenvalue weighted by molar-refractivity contribution is 7.80. The molecule has 2 aromatic rings. The molecule has 0 bridgehead atoms. The third-order valence-electron chi connectivity index (χ3n) is 6.24. The summed E-state index contributed by atoms with van der Waals surface area (Å²) < 4.78 is 0. The molecule has 0 saturated carbocycles. The maximum absolute atomic E-state index is 12.7. The van der Waals surface area contributed by atoms with E-state index in [1.165, 1.54) is 5.69 Å². The molecule has 0 aliphatic carbocycles. The number of amides is 1. The lowest BCUT2D eigenvalue weighted by Crippen LogP contribution is -2.39. The lowest BCUT2D eigenvalue weighted by molar-refractivity contribution is -0.117. The van der Waals surface area contributed by atoms with Crippen molar-refractivity contribution in [3.63, 3.8) is 0 Å².